The third kappa shape index (κ3) is 24.8. The highest BCUT2D eigenvalue weighted by Crippen LogP contribution is 2.12. The van der Waals surface area contributed by atoms with Crippen molar-refractivity contribution in [3.8, 4) is 0 Å². The van der Waals surface area contributed by atoms with E-state index in [0.717, 1.165) is 19.3 Å². The summed E-state index contributed by atoms with van der Waals surface area (Å²) in [5, 5.41) is 17.5. The van der Waals surface area contributed by atoms with Gasteiger partial charge < -0.3 is 21.7 Å². The topological polar surface area (TPSA) is 92.5 Å². The highest BCUT2D eigenvalue weighted by molar-refractivity contribution is 4.66. The van der Waals surface area contributed by atoms with Crippen molar-refractivity contribution in [1.82, 2.24) is 0 Å². The van der Waals surface area contributed by atoms with Crippen molar-refractivity contribution in [1.29, 1.82) is 0 Å². The maximum atomic E-state index is 9.29. The van der Waals surface area contributed by atoms with Crippen LogP contribution < -0.4 is 11.5 Å². The Morgan fingerprint density at radius 3 is 1.87 bits per heavy atom. The summed E-state index contributed by atoms with van der Waals surface area (Å²) in [5.74, 6) is 0. The van der Waals surface area contributed by atoms with Crippen LogP contribution in [0.1, 0.15) is 47.0 Å². The molecule has 6 N–H and O–H groups in total. The minimum atomic E-state index is -0.519. The second kappa shape index (κ2) is 9.09. The lowest BCUT2D eigenvalue weighted by molar-refractivity contribution is 0.0678. The molecule has 0 radical (unpaired) electrons. The van der Waals surface area contributed by atoms with E-state index in [1.165, 1.54) is 0 Å². The van der Waals surface area contributed by atoms with Crippen molar-refractivity contribution in [2.45, 2.75) is 64.7 Å². The number of aliphatic hydroxyl groups is 2. The summed E-state index contributed by atoms with van der Waals surface area (Å²) in [6.45, 7) is 7.66. The number of nitrogens with two attached hydrogens (primary N) is 2. The van der Waals surface area contributed by atoms with Crippen LogP contribution in [0.15, 0.2) is 0 Å². The van der Waals surface area contributed by atoms with Gasteiger partial charge in [-0.15, -0.1) is 0 Å². The van der Waals surface area contributed by atoms with Gasteiger partial charge in [-0.1, -0.05) is 0 Å². The van der Waals surface area contributed by atoms with Crippen LogP contribution in [0.5, 0.6) is 0 Å². The lowest BCUT2D eigenvalue weighted by Gasteiger charge is -2.16. The third-order valence-corrected chi connectivity index (χ3v) is 1.79. The van der Waals surface area contributed by atoms with Gasteiger partial charge >= 0.3 is 0 Å². The molecule has 0 aliphatic carbocycles. The Morgan fingerprint density at radius 1 is 1.27 bits per heavy atom. The standard InChI is InChI=1S/C8H19NO.C3H9NO/c1-7(9)5-4-6-8(2,3)10;1-3(5)2-4/h7,10H,4-6,9H2,1-3H3;3,5H,2,4H2,1H3. The van der Waals surface area contributed by atoms with Gasteiger partial charge in [0, 0.05) is 12.6 Å². The molecule has 0 spiro atoms. The Morgan fingerprint density at radius 2 is 1.67 bits per heavy atom. The normalized spacial score (nSPS) is 15.2. The maximum Gasteiger partial charge on any atom is 0.0634 e. The van der Waals surface area contributed by atoms with E-state index in [4.69, 9.17) is 16.6 Å². The Labute approximate surface area is 93.7 Å². The van der Waals surface area contributed by atoms with Crippen molar-refractivity contribution in [2.75, 3.05) is 6.54 Å². The fourth-order valence-corrected chi connectivity index (χ4v) is 0.857. The summed E-state index contributed by atoms with van der Waals surface area (Å²) in [4.78, 5) is 0. The molecule has 4 nitrogen and oxygen atoms in total. The molecule has 2 atom stereocenters. The minimum Gasteiger partial charge on any atom is -0.392 e. The van der Waals surface area contributed by atoms with Crippen LogP contribution in [0.4, 0.5) is 0 Å². The van der Waals surface area contributed by atoms with Crippen LogP contribution in [0.3, 0.4) is 0 Å². The van der Waals surface area contributed by atoms with E-state index in [1.807, 2.05) is 20.8 Å². The molecule has 0 fully saturated rings. The van der Waals surface area contributed by atoms with Gasteiger partial charge in [-0.2, -0.15) is 0 Å². The first-order chi connectivity index (χ1) is 6.69. The molecule has 2 unspecified atom stereocenters. The molecule has 0 amide bonds. The lowest BCUT2D eigenvalue weighted by atomic mass is 10.0. The first-order valence-corrected chi connectivity index (χ1v) is 5.55. The lowest BCUT2D eigenvalue weighted by Crippen LogP contribution is -2.20. The summed E-state index contributed by atoms with van der Waals surface area (Å²) < 4.78 is 0. The summed E-state index contributed by atoms with van der Waals surface area (Å²) in [5.41, 5.74) is 9.94. The average Bonchev–Trinajstić information content (AvgIpc) is 2.02. The molecule has 4 heteroatoms. The van der Waals surface area contributed by atoms with Crippen molar-refractivity contribution in [3.63, 3.8) is 0 Å². The minimum absolute atomic E-state index is 0.266. The van der Waals surface area contributed by atoms with Crippen LogP contribution in [-0.2, 0) is 0 Å². The van der Waals surface area contributed by atoms with Gasteiger partial charge in [0.05, 0.1) is 11.7 Å². The molecule has 0 aromatic heterocycles. The van der Waals surface area contributed by atoms with Crippen LogP contribution in [0.25, 0.3) is 0 Å². The molecular weight excluding hydrogens is 192 g/mol. The van der Waals surface area contributed by atoms with Gasteiger partial charge in [-0.25, -0.2) is 0 Å². The monoisotopic (exact) mass is 220 g/mol. The highest BCUT2D eigenvalue weighted by Gasteiger charge is 2.11. The van der Waals surface area contributed by atoms with Gasteiger partial charge in [-0.05, 0) is 47.0 Å². The molecular formula is C11H28N2O2. The predicted octanol–water partition coefficient (Wildman–Crippen LogP) is 0.601. The van der Waals surface area contributed by atoms with Crippen LogP contribution >= 0.6 is 0 Å². The van der Waals surface area contributed by atoms with Crippen molar-refractivity contribution >= 4 is 0 Å². The van der Waals surface area contributed by atoms with E-state index in [9.17, 15) is 5.11 Å². The van der Waals surface area contributed by atoms with Crippen molar-refractivity contribution in [3.05, 3.63) is 0 Å². The van der Waals surface area contributed by atoms with Gasteiger partial charge in [0.1, 0.15) is 0 Å². The quantitative estimate of drug-likeness (QED) is 0.546. The molecule has 0 aromatic rings. The van der Waals surface area contributed by atoms with Crippen molar-refractivity contribution < 1.29 is 10.2 Å². The Hall–Kier alpha value is -0.160. The number of rotatable bonds is 5. The molecule has 0 rings (SSSR count). The molecule has 0 saturated carbocycles. The molecule has 0 aromatic carbocycles. The third-order valence-electron chi connectivity index (χ3n) is 1.79. The van der Waals surface area contributed by atoms with E-state index in [0.29, 0.717) is 6.54 Å². The Balaban J connectivity index is 0. The van der Waals surface area contributed by atoms with Crippen LogP contribution in [-0.4, -0.2) is 34.5 Å². The fraction of sp³-hybridized carbons (Fsp3) is 1.00. The number of aliphatic hydroxyl groups excluding tert-OH is 1. The van der Waals surface area contributed by atoms with E-state index in [2.05, 4.69) is 0 Å². The summed E-state index contributed by atoms with van der Waals surface area (Å²) in [6, 6.07) is 0.266. The maximum absolute atomic E-state index is 9.29. The SMILES string of the molecule is CC(N)CCCC(C)(C)O.CC(O)CN. The van der Waals surface area contributed by atoms with E-state index < -0.39 is 5.60 Å². The number of hydrogen-bond donors (Lipinski definition) is 4. The summed E-state index contributed by atoms with van der Waals surface area (Å²) in [7, 11) is 0. The largest absolute Gasteiger partial charge is 0.392 e. The molecule has 94 valence electrons. The molecule has 0 aliphatic rings. The summed E-state index contributed by atoms with van der Waals surface area (Å²) in [6.07, 6.45) is 2.52. The molecule has 0 aliphatic heterocycles. The van der Waals surface area contributed by atoms with Crippen molar-refractivity contribution in [2.24, 2.45) is 11.5 Å². The molecule has 0 saturated heterocycles. The zero-order valence-corrected chi connectivity index (χ0v) is 10.5. The zero-order chi connectivity index (χ0) is 12.5. The van der Waals surface area contributed by atoms with E-state index >= 15 is 0 Å². The van der Waals surface area contributed by atoms with Crippen LogP contribution in [0, 0.1) is 0 Å². The first kappa shape index (κ1) is 17.2. The molecule has 0 heterocycles. The first-order valence-electron chi connectivity index (χ1n) is 5.55. The highest BCUT2D eigenvalue weighted by atomic mass is 16.3. The Bertz CT molecular complexity index is 131. The van der Waals surface area contributed by atoms with Gasteiger partial charge in [-0.3, -0.25) is 0 Å². The Kier molecular flexibility index (Phi) is 10.5. The molecule has 0 bridgehead atoms. The predicted molar refractivity (Wildman–Crippen MR) is 64.5 cm³/mol. The number of hydrogen-bond acceptors (Lipinski definition) is 4. The van der Waals surface area contributed by atoms with Gasteiger partial charge in [0.25, 0.3) is 0 Å². The molecule has 15 heavy (non-hydrogen) atoms. The van der Waals surface area contributed by atoms with Gasteiger partial charge in [0.2, 0.25) is 0 Å². The smallest absolute Gasteiger partial charge is 0.0634 e. The van der Waals surface area contributed by atoms with E-state index in [1.54, 1.807) is 6.92 Å². The fourth-order valence-electron chi connectivity index (χ4n) is 0.857. The van der Waals surface area contributed by atoms with Crippen LogP contribution in [0.2, 0.25) is 0 Å². The average molecular weight is 220 g/mol. The second-order valence-corrected chi connectivity index (χ2v) is 4.77. The van der Waals surface area contributed by atoms with E-state index in [-0.39, 0.29) is 12.1 Å². The zero-order valence-electron chi connectivity index (χ0n) is 10.5. The summed E-state index contributed by atoms with van der Waals surface area (Å²) >= 11 is 0. The van der Waals surface area contributed by atoms with Gasteiger partial charge in [0.15, 0.2) is 0 Å². The second-order valence-electron chi connectivity index (χ2n) is 4.77.